The number of aryl methyl sites for hydroxylation is 1. The van der Waals surface area contributed by atoms with Crippen LogP contribution in [0.15, 0.2) is 30.3 Å². The van der Waals surface area contributed by atoms with Crippen LogP contribution in [0.25, 0.3) is 0 Å². The summed E-state index contributed by atoms with van der Waals surface area (Å²) in [5.41, 5.74) is 2.27. The molecule has 5 heteroatoms. The van der Waals surface area contributed by atoms with Crippen LogP contribution in [0.3, 0.4) is 0 Å². The molecule has 1 aromatic heterocycles. The van der Waals surface area contributed by atoms with E-state index in [9.17, 15) is 8.78 Å². The van der Waals surface area contributed by atoms with E-state index >= 15 is 0 Å². The minimum atomic E-state index is -0.543. The first-order valence-electron chi connectivity index (χ1n) is 6.76. The maximum Gasteiger partial charge on any atom is 0.149 e. The fourth-order valence-electron chi connectivity index (χ4n) is 2.23. The fraction of sp³-hybridized carbons (Fsp3) is 0.312. The third kappa shape index (κ3) is 3.79. The van der Waals surface area contributed by atoms with Crippen LogP contribution in [0.5, 0.6) is 0 Å². The van der Waals surface area contributed by atoms with Crippen LogP contribution in [-0.2, 0) is 11.9 Å². The summed E-state index contributed by atoms with van der Waals surface area (Å²) in [6.07, 6.45) is 0. The number of alkyl halides is 1. The first-order valence-corrected chi connectivity index (χ1v) is 7.88. The molecule has 2 rings (SSSR count). The Bertz CT molecular complexity index is 608. The molecule has 0 aliphatic carbocycles. The molecule has 112 valence electrons. The van der Waals surface area contributed by atoms with Gasteiger partial charge in [0.05, 0.1) is 12.2 Å². The molecule has 0 fully saturated rings. The van der Waals surface area contributed by atoms with Crippen molar-refractivity contribution in [2.75, 3.05) is 11.4 Å². The van der Waals surface area contributed by atoms with Crippen molar-refractivity contribution in [3.05, 3.63) is 58.9 Å². The predicted octanol–water partition coefficient (Wildman–Crippen LogP) is 4.59. The van der Waals surface area contributed by atoms with E-state index in [0.29, 0.717) is 24.0 Å². The van der Waals surface area contributed by atoms with Crippen LogP contribution in [0, 0.1) is 18.6 Å². The SMILES string of the molecule is CCN(Cc1cccc(C)n1)c1c(F)cc(CBr)cc1F. The normalized spacial score (nSPS) is 10.7. The number of anilines is 1. The summed E-state index contributed by atoms with van der Waals surface area (Å²) in [5.74, 6) is -1.09. The van der Waals surface area contributed by atoms with E-state index in [1.54, 1.807) is 4.90 Å². The summed E-state index contributed by atoms with van der Waals surface area (Å²) in [6, 6.07) is 8.37. The van der Waals surface area contributed by atoms with Gasteiger partial charge in [0.1, 0.15) is 17.3 Å². The van der Waals surface area contributed by atoms with Crippen molar-refractivity contribution in [1.82, 2.24) is 4.98 Å². The van der Waals surface area contributed by atoms with Crippen molar-refractivity contribution >= 4 is 21.6 Å². The highest BCUT2D eigenvalue weighted by atomic mass is 79.9. The second kappa shape index (κ2) is 6.98. The zero-order chi connectivity index (χ0) is 15.4. The molecule has 0 saturated carbocycles. The minimum Gasteiger partial charge on any atom is -0.361 e. The van der Waals surface area contributed by atoms with Crippen LogP contribution in [0.2, 0.25) is 0 Å². The number of pyridine rings is 1. The third-order valence-electron chi connectivity index (χ3n) is 3.23. The number of nitrogens with zero attached hydrogens (tertiary/aromatic N) is 2. The highest BCUT2D eigenvalue weighted by Crippen LogP contribution is 2.27. The van der Waals surface area contributed by atoms with Crippen LogP contribution in [0.1, 0.15) is 23.9 Å². The largest absolute Gasteiger partial charge is 0.361 e. The number of aromatic nitrogens is 1. The van der Waals surface area contributed by atoms with E-state index < -0.39 is 11.6 Å². The number of hydrogen-bond acceptors (Lipinski definition) is 2. The molecule has 0 radical (unpaired) electrons. The average Bonchev–Trinajstić information content (AvgIpc) is 2.45. The van der Waals surface area contributed by atoms with Crippen molar-refractivity contribution in [2.45, 2.75) is 25.7 Å². The first kappa shape index (κ1) is 15.9. The van der Waals surface area contributed by atoms with Crippen molar-refractivity contribution in [1.29, 1.82) is 0 Å². The van der Waals surface area contributed by atoms with Gasteiger partial charge < -0.3 is 4.90 Å². The van der Waals surface area contributed by atoms with E-state index in [0.717, 1.165) is 11.4 Å². The zero-order valence-electron chi connectivity index (χ0n) is 12.0. The third-order valence-corrected chi connectivity index (χ3v) is 3.88. The van der Waals surface area contributed by atoms with Gasteiger partial charge in [-0.25, -0.2) is 8.78 Å². The quantitative estimate of drug-likeness (QED) is 0.730. The van der Waals surface area contributed by atoms with Gasteiger partial charge in [-0.2, -0.15) is 0 Å². The monoisotopic (exact) mass is 354 g/mol. The molecule has 0 N–H and O–H groups in total. The van der Waals surface area contributed by atoms with E-state index in [4.69, 9.17) is 0 Å². The van der Waals surface area contributed by atoms with Gasteiger partial charge in [0, 0.05) is 17.6 Å². The lowest BCUT2D eigenvalue weighted by molar-refractivity contribution is 0.568. The second-order valence-corrected chi connectivity index (χ2v) is 5.39. The molecule has 2 nitrogen and oxygen atoms in total. The van der Waals surface area contributed by atoms with E-state index in [1.165, 1.54) is 12.1 Å². The maximum atomic E-state index is 14.2. The fourth-order valence-corrected chi connectivity index (χ4v) is 2.55. The zero-order valence-corrected chi connectivity index (χ0v) is 13.6. The lowest BCUT2D eigenvalue weighted by Gasteiger charge is -2.24. The Morgan fingerprint density at radius 3 is 2.38 bits per heavy atom. The van der Waals surface area contributed by atoms with E-state index in [-0.39, 0.29) is 5.69 Å². The minimum absolute atomic E-state index is 0.00510. The molecular formula is C16H17BrF2N2. The Kier molecular flexibility index (Phi) is 5.28. The Hall–Kier alpha value is -1.49. The van der Waals surface area contributed by atoms with E-state index in [1.807, 2.05) is 32.0 Å². The maximum absolute atomic E-state index is 14.2. The van der Waals surface area contributed by atoms with Crippen LogP contribution < -0.4 is 4.90 Å². The summed E-state index contributed by atoms with van der Waals surface area (Å²) >= 11 is 3.21. The topological polar surface area (TPSA) is 16.1 Å². The Balaban J connectivity index is 2.33. The van der Waals surface area contributed by atoms with Crippen molar-refractivity contribution < 1.29 is 8.78 Å². The smallest absolute Gasteiger partial charge is 0.149 e. The van der Waals surface area contributed by atoms with Gasteiger partial charge in [-0.3, -0.25) is 4.98 Å². The molecule has 1 aromatic carbocycles. The van der Waals surface area contributed by atoms with Gasteiger partial charge in [0.15, 0.2) is 0 Å². The molecule has 0 saturated heterocycles. The molecule has 0 amide bonds. The lowest BCUT2D eigenvalue weighted by Crippen LogP contribution is -2.25. The molecule has 0 unspecified atom stereocenters. The van der Waals surface area contributed by atoms with Crippen molar-refractivity contribution in [2.24, 2.45) is 0 Å². The average molecular weight is 355 g/mol. The molecular weight excluding hydrogens is 338 g/mol. The summed E-state index contributed by atoms with van der Waals surface area (Å²) in [5, 5.41) is 0.423. The molecule has 0 spiro atoms. The molecule has 21 heavy (non-hydrogen) atoms. The lowest BCUT2D eigenvalue weighted by atomic mass is 10.1. The number of halogens is 3. The van der Waals surface area contributed by atoms with Gasteiger partial charge in [-0.1, -0.05) is 22.0 Å². The van der Waals surface area contributed by atoms with Gasteiger partial charge in [-0.05, 0) is 43.7 Å². The van der Waals surface area contributed by atoms with Gasteiger partial charge in [0.2, 0.25) is 0 Å². The van der Waals surface area contributed by atoms with Crippen LogP contribution in [-0.4, -0.2) is 11.5 Å². The summed E-state index contributed by atoms with van der Waals surface area (Å²) < 4.78 is 28.4. The van der Waals surface area contributed by atoms with Crippen molar-refractivity contribution in [3.8, 4) is 0 Å². The molecule has 0 atom stereocenters. The number of rotatable bonds is 5. The van der Waals surface area contributed by atoms with Crippen LogP contribution >= 0.6 is 15.9 Å². The highest BCUT2D eigenvalue weighted by Gasteiger charge is 2.17. The summed E-state index contributed by atoms with van der Waals surface area (Å²) in [7, 11) is 0. The molecule has 0 aliphatic rings. The first-order chi connectivity index (χ1) is 10.0. The van der Waals surface area contributed by atoms with Crippen molar-refractivity contribution in [3.63, 3.8) is 0 Å². The Morgan fingerprint density at radius 1 is 1.19 bits per heavy atom. The van der Waals surface area contributed by atoms with Gasteiger partial charge in [0.25, 0.3) is 0 Å². The second-order valence-electron chi connectivity index (χ2n) is 4.83. The Morgan fingerprint density at radius 2 is 1.86 bits per heavy atom. The van der Waals surface area contributed by atoms with Gasteiger partial charge >= 0.3 is 0 Å². The van der Waals surface area contributed by atoms with Crippen LogP contribution in [0.4, 0.5) is 14.5 Å². The molecule has 0 bridgehead atoms. The Labute approximate surface area is 131 Å². The number of hydrogen-bond donors (Lipinski definition) is 0. The molecule has 1 heterocycles. The van der Waals surface area contributed by atoms with Gasteiger partial charge in [-0.15, -0.1) is 0 Å². The predicted molar refractivity (Wildman–Crippen MR) is 84.7 cm³/mol. The standard InChI is InChI=1S/C16H17BrF2N2/c1-3-21(10-13-6-4-5-11(2)20-13)16-14(18)7-12(9-17)8-15(16)19/h4-8H,3,9-10H2,1-2H3. The molecule has 2 aromatic rings. The van der Waals surface area contributed by atoms with E-state index in [2.05, 4.69) is 20.9 Å². The molecule has 0 aliphatic heterocycles. The highest BCUT2D eigenvalue weighted by molar-refractivity contribution is 9.08. The summed E-state index contributed by atoms with van der Waals surface area (Å²) in [6.45, 7) is 4.63. The number of benzene rings is 1. The summed E-state index contributed by atoms with van der Waals surface area (Å²) in [4.78, 5) is 6.04.